The van der Waals surface area contributed by atoms with Gasteiger partial charge in [0, 0.05) is 17.7 Å². The molecule has 2 aromatic carbocycles. The molecule has 0 amide bonds. The number of ether oxygens (including phenoxy) is 1. The zero-order valence-electron chi connectivity index (χ0n) is 16.4. The van der Waals surface area contributed by atoms with E-state index in [1.165, 1.54) is 20.0 Å². The second-order valence-corrected chi connectivity index (χ2v) is 7.12. The number of benzene rings is 2. The van der Waals surface area contributed by atoms with Crippen molar-refractivity contribution in [3.63, 3.8) is 0 Å². The molecule has 1 aliphatic carbocycles. The van der Waals surface area contributed by atoms with Crippen molar-refractivity contribution in [3.05, 3.63) is 66.2 Å². The Bertz CT molecular complexity index is 985. The van der Waals surface area contributed by atoms with Crippen LogP contribution in [0.25, 0.3) is 11.3 Å². The van der Waals surface area contributed by atoms with Gasteiger partial charge >= 0.3 is 5.97 Å². The first-order chi connectivity index (χ1) is 14.2. The number of hydrogen-bond donors (Lipinski definition) is 2. The molecule has 0 radical (unpaired) electrons. The molecular weight excluding hydrogens is 364 g/mol. The van der Waals surface area contributed by atoms with Gasteiger partial charge in [0.1, 0.15) is 5.82 Å². The first kappa shape index (κ1) is 18.9. The Morgan fingerprint density at radius 3 is 2.48 bits per heavy atom. The summed E-state index contributed by atoms with van der Waals surface area (Å²) in [5.74, 6) is 0.821. The zero-order chi connectivity index (χ0) is 20.1. The third kappa shape index (κ3) is 4.54. The number of nitrogens with one attached hydrogen (secondary N) is 2. The summed E-state index contributed by atoms with van der Waals surface area (Å²) >= 11 is 0. The van der Waals surface area contributed by atoms with Gasteiger partial charge in [-0.1, -0.05) is 55.3 Å². The van der Waals surface area contributed by atoms with E-state index in [4.69, 9.17) is 9.72 Å². The largest absolute Gasteiger partial charge is 0.465 e. The highest BCUT2D eigenvalue weighted by molar-refractivity contribution is 5.96. The van der Waals surface area contributed by atoms with Gasteiger partial charge in [-0.05, 0) is 25.0 Å². The maximum absolute atomic E-state index is 12.1. The monoisotopic (exact) mass is 388 g/mol. The fourth-order valence-corrected chi connectivity index (χ4v) is 3.60. The summed E-state index contributed by atoms with van der Waals surface area (Å²) in [5, 5.41) is 6.74. The van der Waals surface area contributed by atoms with Crippen LogP contribution in [0.5, 0.6) is 0 Å². The summed E-state index contributed by atoms with van der Waals surface area (Å²) in [6.45, 7) is 0. The number of aromatic nitrogens is 2. The Morgan fingerprint density at radius 1 is 1.00 bits per heavy atom. The van der Waals surface area contributed by atoms with Crippen LogP contribution in [0.4, 0.5) is 17.5 Å². The molecule has 6 heteroatoms. The molecule has 1 aromatic heterocycles. The molecule has 2 N–H and O–H groups in total. The van der Waals surface area contributed by atoms with Gasteiger partial charge in [0.25, 0.3) is 0 Å². The summed E-state index contributed by atoms with van der Waals surface area (Å²) in [7, 11) is 1.38. The number of anilines is 3. The average molecular weight is 388 g/mol. The van der Waals surface area contributed by atoms with Crippen LogP contribution in [-0.2, 0) is 4.74 Å². The van der Waals surface area contributed by atoms with Gasteiger partial charge in [-0.2, -0.15) is 4.98 Å². The molecule has 0 unspecified atom stereocenters. The highest BCUT2D eigenvalue weighted by Crippen LogP contribution is 2.27. The Labute approximate surface area is 170 Å². The van der Waals surface area contributed by atoms with Crippen LogP contribution < -0.4 is 10.6 Å². The van der Waals surface area contributed by atoms with E-state index in [-0.39, 0.29) is 0 Å². The summed E-state index contributed by atoms with van der Waals surface area (Å²) < 4.78 is 4.90. The molecular formula is C23H24N4O2. The number of para-hydroxylation sites is 1. The summed E-state index contributed by atoms with van der Waals surface area (Å²) in [6, 6.07) is 19.5. The molecule has 3 aromatic rings. The van der Waals surface area contributed by atoms with Gasteiger partial charge in [-0.25, -0.2) is 9.78 Å². The lowest BCUT2D eigenvalue weighted by molar-refractivity contribution is 0.0602. The van der Waals surface area contributed by atoms with Gasteiger partial charge in [-0.15, -0.1) is 0 Å². The fourth-order valence-electron chi connectivity index (χ4n) is 3.60. The summed E-state index contributed by atoms with van der Waals surface area (Å²) in [6.07, 6.45) is 4.72. The van der Waals surface area contributed by atoms with Crippen LogP contribution in [0.2, 0.25) is 0 Å². The van der Waals surface area contributed by atoms with E-state index in [1.807, 2.05) is 48.5 Å². The highest BCUT2D eigenvalue weighted by Gasteiger charge is 2.17. The molecule has 0 aliphatic heterocycles. The van der Waals surface area contributed by atoms with E-state index in [9.17, 15) is 4.79 Å². The molecule has 1 fully saturated rings. The fraction of sp³-hybridized carbons (Fsp3) is 0.261. The lowest BCUT2D eigenvalue weighted by Gasteiger charge is -2.16. The van der Waals surface area contributed by atoms with E-state index in [0.29, 0.717) is 29.1 Å². The van der Waals surface area contributed by atoms with Gasteiger partial charge in [-0.3, -0.25) is 0 Å². The lowest BCUT2D eigenvalue weighted by atomic mass is 10.1. The molecule has 0 saturated heterocycles. The standard InChI is InChI=1S/C23H24N4O2/c1-29-22(28)18-13-7-8-14-19(18)25-21-15-20(16-9-3-2-4-10-16)26-23(27-21)24-17-11-5-6-12-17/h2-4,7-10,13-15,17H,5-6,11-12H2,1H3,(H2,24,25,26,27). The molecule has 1 saturated carbocycles. The van der Waals surface area contributed by atoms with Gasteiger partial charge in [0.05, 0.1) is 24.1 Å². The predicted octanol–water partition coefficient (Wildman–Crippen LogP) is 5.03. The molecule has 29 heavy (non-hydrogen) atoms. The van der Waals surface area contributed by atoms with E-state index in [0.717, 1.165) is 24.1 Å². The highest BCUT2D eigenvalue weighted by atomic mass is 16.5. The van der Waals surface area contributed by atoms with Gasteiger partial charge in [0.2, 0.25) is 5.95 Å². The summed E-state index contributed by atoms with van der Waals surface area (Å²) in [4.78, 5) is 21.5. The molecule has 1 heterocycles. The van der Waals surface area contributed by atoms with E-state index < -0.39 is 5.97 Å². The van der Waals surface area contributed by atoms with Crippen molar-refractivity contribution in [2.75, 3.05) is 17.7 Å². The van der Waals surface area contributed by atoms with Gasteiger partial charge in [0.15, 0.2) is 0 Å². The molecule has 0 bridgehead atoms. The minimum atomic E-state index is -0.394. The van der Waals surface area contributed by atoms with Crippen molar-refractivity contribution in [1.29, 1.82) is 0 Å². The third-order valence-electron chi connectivity index (χ3n) is 5.08. The molecule has 148 valence electrons. The van der Waals surface area contributed by atoms with Crippen LogP contribution >= 0.6 is 0 Å². The quantitative estimate of drug-likeness (QED) is 0.577. The number of methoxy groups -OCH3 is 1. The number of nitrogens with zero attached hydrogens (tertiary/aromatic N) is 2. The Hall–Kier alpha value is -3.41. The van der Waals surface area contributed by atoms with Gasteiger partial charge < -0.3 is 15.4 Å². The molecule has 0 spiro atoms. The smallest absolute Gasteiger partial charge is 0.339 e. The van der Waals surface area contributed by atoms with Crippen LogP contribution in [-0.4, -0.2) is 29.1 Å². The van der Waals surface area contributed by atoms with E-state index >= 15 is 0 Å². The maximum atomic E-state index is 12.1. The topological polar surface area (TPSA) is 76.1 Å². The number of carbonyl (C=O) groups is 1. The number of hydrogen-bond acceptors (Lipinski definition) is 6. The van der Waals surface area contributed by atoms with Crippen LogP contribution in [0.15, 0.2) is 60.7 Å². The number of esters is 1. The summed E-state index contributed by atoms with van der Waals surface area (Å²) in [5.41, 5.74) is 2.93. The zero-order valence-corrected chi connectivity index (χ0v) is 16.4. The normalized spacial score (nSPS) is 13.8. The minimum Gasteiger partial charge on any atom is -0.465 e. The second-order valence-electron chi connectivity index (χ2n) is 7.12. The first-order valence-electron chi connectivity index (χ1n) is 9.88. The van der Waals surface area contributed by atoms with Crippen molar-refractivity contribution in [2.24, 2.45) is 0 Å². The van der Waals surface area contributed by atoms with Crippen molar-refractivity contribution in [2.45, 2.75) is 31.7 Å². The van der Waals surface area contributed by atoms with Crippen molar-refractivity contribution in [3.8, 4) is 11.3 Å². The van der Waals surface area contributed by atoms with Crippen molar-refractivity contribution in [1.82, 2.24) is 9.97 Å². The Balaban J connectivity index is 1.69. The minimum absolute atomic E-state index is 0.394. The maximum Gasteiger partial charge on any atom is 0.339 e. The van der Waals surface area contributed by atoms with Crippen molar-refractivity contribution >= 4 is 23.4 Å². The van der Waals surface area contributed by atoms with Crippen LogP contribution in [0, 0.1) is 0 Å². The van der Waals surface area contributed by atoms with Crippen molar-refractivity contribution < 1.29 is 9.53 Å². The molecule has 4 rings (SSSR count). The Kier molecular flexibility index (Phi) is 5.70. The number of carbonyl (C=O) groups excluding carboxylic acids is 1. The SMILES string of the molecule is COC(=O)c1ccccc1Nc1cc(-c2ccccc2)nc(NC2CCCC2)n1. The second kappa shape index (κ2) is 8.73. The number of rotatable bonds is 6. The third-order valence-corrected chi connectivity index (χ3v) is 5.08. The average Bonchev–Trinajstić information content (AvgIpc) is 3.27. The molecule has 6 nitrogen and oxygen atoms in total. The van der Waals surface area contributed by atoms with E-state index in [2.05, 4.69) is 15.6 Å². The Morgan fingerprint density at radius 2 is 1.72 bits per heavy atom. The van der Waals surface area contributed by atoms with Crippen LogP contribution in [0.1, 0.15) is 36.0 Å². The molecule has 1 aliphatic rings. The van der Waals surface area contributed by atoms with E-state index in [1.54, 1.807) is 12.1 Å². The molecule has 0 atom stereocenters. The first-order valence-corrected chi connectivity index (χ1v) is 9.88. The lowest BCUT2D eigenvalue weighted by Crippen LogP contribution is -2.17. The predicted molar refractivity (Wildman–Crippen MR) is 114 cm³/mol. The van der Waals surface area contributed by atoms with Crippen LogP contribution in [0.3, 0.4) is 0 Å².